The fourth-order valence-electron chi connectivity index (χ4n) is 2.03. The third-order valence-corrected chi connectivity index (χ3v) is 3.19. The SMILES string of the molecule is Cc1cc(NC(=O)Cc2ccc(C(C)C)cc2)ccn1. The number of anilines is 1. The molecule has 2 rings (SSSR count). The van der Waals surface area contributed by atoms with Gasteiger partial charge in [-0.15, -0.1) is 0 Å². The summed E-state index contributed by atoms with van der Waals surface area (Å²) in [6.07, 6.45) is 2.09. The number of carbonyl (C=O) groups excluding carboxylic acids is 1. The summed E-state index contributed by atoms with van der Waals surface area (Å²) < 4.78 is 0. The predicted octanol–water partition coefficient (Wildman–Crippen LogP) is 3.69. The van der Waals surface area contributed by atoms with Gasteiger partial charge in [-0.25, -0.2) is 0 Å². The van der Waals surface area contributed by atoms with Crippen molar-refractivity contribution < 1.29 is 4.79 Å². The second-order valence-electron chi connectivity index (χ2n) is 5.31. The van der Waals surface area contributed by atoms with Gasteiger partial charge < -0.3 is 5.32 Å². The Morgan fingerprint density at radius 1 is 1.20 bits per heavy atom. The van der Waals surface area contributed by atoms with E-state index in [4.69, 9.17) is 0 Å². The number of benzene rings is 1. The van der Waals surface area contributed by atoms with Crippen molar-refractivity contribution in [2.24, 2.45) is 0 Å². The lowest BCUT2D eigenvalue weighted by Gasteiger charge is -2.08. The number of hydrogen-bond acceptors (Lipinski definition) is 2. The number of nitrogens with one attached hydrogen (secondary N) is 1. The lowest BCUT2D eigenvalue weighted by atomic mass is 10.0. The first-order valence-electron chi connectivity index (χ1n) is 6.86. The fraction of sp³-hybridized carbons (Fsp3) is 0.294. The minimum absolute atomic E-state index is 0.00658. The molecule has 0 aliphatic rings. The lowest BCUT2D eigenvalue weighted by molar-refractivity contribution is -0.115. The molecule has 0 fully saturated rings. The van der Waals surface area contributed by atoms with E-state index in [0.717, 1.165) is 16.9 Å². The zero-order valence-electron chi connectivity index (χ0n) is 12.2. The Hall–Kier alpha value is -2.16. The maximum Gasteiger partial charge on any atom is 0.228 e. The number of pyridine rings is 1. The van der Waals surface area contributed by atoms with E-state index in [2.05, 4.69) is 36.3 Å². The first-order chi connectivity index (χ1) is 9.54. The minimum atomic E-state index is -0.00658. The summed E-state index contributed by atoms with van der Waals surface area (Å²) in [5.41, 5.74) is 4.00. The summed E-state index contributed by atoms with van der Waals surface area (Å²) in [6.45, 7) is 6.22. The highest BCUT2D eigenvalue weighted by Crippen LogP contribution is 2.15. The predicted molar refractivity (Wildman–Crippen MR) is 81.8 cm³/mol. The molecule has 3 nitrogen and oxygen atoms in total. The summed E-state index contributed by atoms with van der Waals surface area (Å²) >= 11 is 0. The smallest absolute Gasteiger partial charge is 0.228 e. The summed E-state index contributed by atoms with van der Waals surface area (Å²) in [6, 6.07) is 11.9. The minimum Gasteiger partial charge on any atom is -0.326 e. The lowest BCUT2D eigenvalue weighted by Crippen LogP contribution is -2.14. The van der Waals surface area contributed by atoms with Crippen LogP contribution >= 0.6 is 0 Å². The maximum absolute atomic E-state index is 12.0. The molecule has 1 aromatic heterocycles. The van der Waals surface area contributed by atoms with E-state index in [9.17, 15) is 4.79 Å². The quantitative estimate of drug-likeness (QED) is 0.918. The van der Waals surface area contributed by atoms with E-state index in [1.807, 2.05) is 25.1 Å². The Kier molecular flexibility index (Phi) is 4.51. The van der Waals surface area contributed by atoms with Crippen LogP contribution in [0.4, 0.5) is 5.69 Å². The van der Waals surface area contributed by atoms with Crippen molar-refractivity contribution in [1.82, 2.24) is 4.98 Å². The largest absolute Gasteiger partial charge is 0.326 e. The molecule has 0 saturated heterocycles. The highest BCUT2D eigenvalue weighted by Gasteiger charge is 2.05. The number of rotatable bonds is 4. The van der Waals surface area contributed by atoms with Gasteiger partial charge in [0.15, 0.2) is 0 Å². The zero-order valence-corrected chi connectivity index (χ0v) is 12.2. The molecule has 0 unspecified atom stereocenters. The van der Waals surface area contributed by atoms with Gasteiger partial charge in [0.1, 0.15) is 0 Å². The van der Waals surface area contributed by atoms with Gasteiger partial charge in [0.25, 0.3) is 0 Å². The number of nitrogens with zero attached hydrogens (tertiary/aromatic N) is 1. The van der Waals surface area contributed by atoms with Gasteiger partial charge in [-0.2, -0.15) is 0 Å². The molecule has 0 aliphatic heterocycles. The topological polar surface area (TPSA) is 42.0 Å². The maximum atomic E-state index is 12.0. The summed E-state index contributed by atoms with van der Waals surface area (Å²) in [4.78, 5) is 16.1. The van der Waals surface area contributed by atoms with Gasteiger partial charge in [0.2, 0.25) is 5.91 Å². The van der Waals surface area contributed by atoms with Crippen molar-refractivity contribution in [1.29, 1.82) is 0 Å². The average molecular weight is 268 g/mol. The number of carbonyl (C=O) groups is 1. The van der Waals surface area contributed by atoms with Crippen molar-refractivity contribution in [3.8, 4) is 0 Å². The van der Waals surface area contributed by atoms with Crippen LogP contribution in [0.5, 0.6) is 0 Å². The Balaban J connectivity index is 1.97. The molecule has 104 valence electrons. The second kappa shape index (κ2) is 6.33. The van der Waals surface area contributed by atoms with Gasteiger partial charge in [0.05, 0.1) is 6.42 Å². The van der Waals surface area contributed by atoms with E-state index < -0.39 is 0 Å². The third kappa shape index (κ3) is 3.92. The molecular weight excluding hydrogens is 248 g/mol. The normalized spacial score (nSPS) is 10.6. The molecule has 20 heavy (non-hydrogen) atoms. The number of amides is 1. The number of hydrogen-bond donors (Lipinski definition) is 1. The average Bonchev–Trinajstić information content (AvgIpc) is 2.39. The molecule has 1 heterocycles. The van der Waals surface area contributed by atoms with Crippen LogP contribution in [0.15, 0.2) is 42.6 Å². The molecule has 0 radical (unpaired) electrons. The van der Waals surface area contributed by atoms with Crippen LogP contribution in [0.3, 0.4) is 0 Å². The van der Waals surface area contributed by atoms with Crippen molar-refractivity contribution >= 4 is 11.6 Å². The van der Waals surface area contributed by atoms with Gasteiger partial charge in [-0.05, 0) is 36.1 Å². The Morgan fingerprint density at radius 2 is 1.90 bits per heavy atom. The van der Waals surface area contributed by atoms with Crippen LogP contribution in [0.2, 0.25) is 0 Å². The van der Waals surface area contributed by atoms with Crippen molar-refractivity contribution in [2.45, 2.75) is 33.1 Å². The standard InChI is InChI=1S/C17H20N2O/c1-12(2)15-6-4-14(5-7-15)11-17(20)19-16-8-9-18-13(3)10-16/h4-10,12H,11H2,1-3H3,(H,18,19,20). The molecule has 0 aliphatic carbocycles. The fourth-order valence-corrected chi connectivity index (χ4v) is 2.03. The molecular formula is C17H20N2O. The second-order valence-corrected chi connectivity index (χ2v) is 5.31. The van der Waals surface area contributed by atoms with Crippen LogP contribution in [0.1, 0.15) is 36.6 Å². The Bertz CT molecular complexity index is 588. The molecule has 2 aromatic rings. The Morgan fingerprint density at radius 3 is 2.50 bits per heavy atom. The van der Waals surface area contributed by atoms with Crippen molar-refractivity contribution in [3.63, 3.8) is 0 Å². The molecule has 0 spiro atoms. The van der Waals surface area contributed by atoms with Crippen LogP contribution in [-0.4, -0.2) is 10.9 Å². The van der Waals surface area contributed by atoms with E-state index in [1.165, 1.54) is 5.56 Å². The summed E-state index contributed by atoms with van der Waals surface area (Å²) in [5, 5.41) is 2.89. The number of aryl methyl sites for hydroxylation is 1. The van der Waals surface area contributed by atoms with Crippen LogP contribution in [0.25, 0.3) is 0 Å². The van der Waals surface area contributed by atoms with Crippen molar-refractivity contribution in [2.75, 3.05) is 5.32 Å². The molecule has 0 atom stereocenters. The van der Waals surface area contributed by atoms with Crippen molar-refractivity contribution in [3.05, 3.63) is 59.4 Å². The highest BCUT2D eigenvalue weighted by atomic mass is 16.1. The zero-order chi connectivity index (χ0) is 14.5. The summed E-state index contributed by atoms with van der Waals surface area (Å²) in [7, 11) is 0. The van der Waals surface area contributed by atoms with Gasteiger partial charge in [0, 0.05) is 17.6 Å². The van der Waals surface area contributed by atoms with Crippen LogP contribution in [-0.2, 0) is 11.2 Å². The van der Waals surface area contributed by atoms with E-state index >= 15 is 0 Å². The van der Waals surface area contributed by atoms with E-state index in [0.29, 0.717) is 12.3 Å². The van der Waals surface area contributed by atoms with Crippen LogP contribution in [0, 0.1) is 6.92 Å². The molecule has 1 N–H and O–H groups in total. The molecule has 1 aromatic carbocycles. The van der Waals surface area contributed by atoms with Gasteiger partial charge in [-0.1, -0.05) is 38.1 Å². The van der Waals surface area contributed by atoms with Gasteiger partial charge >= 0.3 is 0 Å². The third-order valence-electron chi connectivity index (χ3n) is 3.19. The first kappa shape index (κ1) is 14.3. The molecule has 0 bridgehead atoms. The highest BCUT2D eigenvalue weighted by molar-refractivity contribution is 5.92. The molecule has 3 heteroatoms. The summed E-state index contributed by atoms with van der Waals surface area (Å²) in [5.74, 6) is 0.505. The monoisotopic (exact) mass is 268 g/mol. The van der Waals surface area contributed by atoms with Crippen LogP contribution < -0.4 is 5.32 Å². The first-order valence-corrected chi connectivity index (χ1v) is 6.86. The van der Waals surface area contributed by atoms with E-state index in [-0.39, 0.29) is 5.91 Å². The van der Waals surface area contributed by atoms with Gasteiger partial charge in [-0.3, -0.25) is 9.78 Å². The Labute approximate surface area is 120 Å². The molecule has 1 amide bonds. The molecule has 0 saturated carbocycles. The number of aromatic nitrogens is 1. The van der Waals surface area contributed by atoms with E-state index in [1.54, 1.807) is 12.3 Å².